The molecule has 19 heavy (non-hydrogen) atoms. The average Bonchev–Trinajstić information content (AvgIpc) is 2.30. The summed E-state index contributed by atoms with van der Waals surface area (Å²) in [6, 6.07) is 6.99. The van der Waals surface area contributed by atoms with Crippen LogP contribution in [-0.4, -0.2) is 9.97 Å². The molecule has 0 bridgehead atoms. The molecule has 0 amide bonds. The summed E-state index contributed by atoms with van der Waals surface area (Å²) in [4.78, 5) is 7.13. The highest BCUT2D eigenvalue weighted by Gasteiger charge is 2.33. The van der Waals surface area contributed by atoms with Gasteiger partial charge in [-0.1, -0.05) is 0 Å². The Morgan fingerprint density at radius 3 is 2.32 bits per heavy atom. The quantitative estimate of drug-likeness (QED) is 0.850. The lowest BCUT2D eigenvalue weighted by Gasteiger charge is -2.09. The summed E-state index contributed by atoms with van der Waals surface area (Å²) in [5.74, 6) is 0.172. The van der Waals surface area contributed by atoms with Gasteiger partial charge in [0.25, 0.3) is 0 Å². The van der Waals surface area contributed by atoms with E-state index in [1.807, 2.05) is 0 Å². The fourth-order valence-electron chi connectivity index (χ4n) is 1.39. The Balaban J connectivity index is 2.30. The zero-order valence-corrected chi connectivity index (χ0v) is 9.90. The molecule has 0 saturated carbocycles. The minimum Gasteiger partial charge on any atom is -0.439 e. The van der Waals surface area contributed by atoms with Crippen LogP contribution in [0, 0.1) is 6.92 Å². The van der Waals surface area contributed by atoms with Crippen molar-refractivity contribution in [3.8, 4) is 11.6 Å². The number of nitrogens with zero attached hydrogens (tertiary/aromatic N) is 2. The van der Waals surface area contributed by atoms with Crippen LogP contribution in [0.15, 0.2) is 30.3 Å². The summed E-state index contributed by atoms with van der Waals surface area (Å²) in [5, 5.41) is 0. The van der Waals surface area contributed by atoms with Crippen LogP contribution in [-0.2, 0) is 6.18 Å². The molecule has 0 unspecified atom stereocenters. The molecule has 7 heteroatoms. The molecule has 1 aromatic carbocycles. The first-order valence-corrected chi connectivity index (χ1v) is 5.31. The maximum atomic E-state index is 12.6. The van der Waals surface area contributed by atoms with Gasteiger partial charge in [0.05, 0.1) is 0 Å². The summed E-state index contributed by atoms with van der Waals surface area (Å²) in [6.07, 6.45) is -4.53. The van der Waals surface area contributed by atoms with E-state index in [2.05, 4.69) is 9.97 Å². The number of aryl methyl sites for hydroxylation is 1. The second-order valence-corrected chi connectivity index (χ2v) is 3.81. The minimum atomic E-state index is -4.53. The summed E-state index contributed by atoms with van der Waals surface area (Å²) in [5.41, 5.74) is 4.99. The average molecular weight is 269 g/mol. The Morgan fingerprint density at radius 2 is 1.74 bits per heavy atom. The van der Waals surface area contributed by atoms with Gasteiger partial charge in [0, 0.05) is 11.8 Å². The Bertz CT molecular complexity index is 582. The van der Waals surface area contributed by atoms with Crippen molar-refractivity contribution < 1.29 is 17.9 Å². The lowest BCUT2D eigenvalue weighted by atomic mass is 10.3. The summed E-state index contributed by atoms with van der Waals surface area (Å²) in [7, 11) is 0. The van der Waals surface area contributed by atoms with Crippen molar-refractivity contribution in [2.45, 2.75) is 13.1 Å². The molecule has 4 nitrogen and oxygen atoms in total. The summed E-state index contributed by atoms with van der Waals surface area (Å²) in [6.45, 7) is 1.37. The highest BCUT2D eigenvalue weighted by molar-refractivity contribution is 5.42. The molecular formula is C12H10F3N3O. The Kier molecular flexibility index (Phi) is 3.28. The normalized spacial score (nSPS) is 11.4. The summed E-state index contributed by atoms with van der Waals surface area (Å²) >= 11 is 0. The maximum absolute atomic E-state index is 12.6. The first kappa shape index (κ1) is 13.1. The Labute approximate surface area is 107 Å². The fourth-order valence-corrected chi connectivity index (χ4v) is 1.39. The number of nitrogen functional groups attached to an aromatic ring is 1. The lowest BCUT2D eigenvalue weighted by Crippen LogP contribution is -2.10. The third-order valence-corrected chi connectivity index (χ3v) is 2.21. The molecule has 0 saturated heterocycles. The van der Waals surface area contributed by atoms with Crippen LogP contribution in [0.4, 0.5) is 18.9 Å². The van der Waals surface area contributed by atoms with E-state index in [4.69, 9.17) is 10.5 Å². The Morgan fingerprint density at radius 1 is 1.11 bits per heavy atom. The standard InChI is InChI=1S/C12H10F3N3O/c1-7-17-10(12(13,14)15)6-11(18-7)19-9-4-2-8(16)3-5-9/h2-6H,16H2,1H3. The Hall–Kier alpha value is -2.31. The van der Waals surface area contributed by atoms with E-state index in [9.17, 15) is 13.2 Å². The van der Waals surface area contributed by atoms with Gasteiger partial charge < -0.3 is 10.5 Å². The van der Waals surface area contributed by atoms with Gasteiger partial charge in [-0.25, -0.2) is 4.98 Å². The monoisotopic (exact) mass is 269 g/mol. The summed E-state index contributed by atoms with van der Waals surface area (Å²) < 4.78 is 43.0. The van der Waals surface area contributed by atoms with Crippen molar-refractivity contribution in [1.29, 1.82) is 0 Å². The van der Waals surface area contributed by atoms with E-state index in [1.54, 1.807) is 24.3 Å². The predicted octanol–water partition coefficient (Wildman–Crippen LogP) is 3.18. The smallest absolute Gasteiger partial charge is 0.433 e. The highest BCUT2D eigenvalue weighted by Crippen LogP contribution is 2.30. The van der Waals surface area contributed by atoms with E-state index in [0.29, 0.717) is 11.4 Å². The maximum Gasteiger partial charge on any atom is 0.433 e. The number of aromatic nitrogens is 2. The van der Waals surface area contributed by atoms with Crippen LogP contribution in [0.3, 0.4) is 0 Å². The number of benzene rings is 1. The fraction of sp³-hybridized carbons (Fsp3) is 0.167. The van der Waals surface area contributed by atoms with E-state index in [1.165, 1.54) is 6.92 Å². The van der Waals surface area contributed by atoms with Gasteiger partial charge in [-0.05, 0) is 31.2 Å². The molecule has 100 valence electrons. The van der Waals surface area contributed by atoms with Crippen LogP contribution >= 0.6 is 0 Å². The van der Waals surface area contributed by atoms with Crippen molar-refractivity contribution in [2.75, 3.05) is 5.73 Å². The predicted molar refractivity (Wildman–Crippen MR) is 62.7 cm³/mol. The minimum absolute atomic E-state index is 0.0136. The van der Waals surface area contributed by atoms with Crippen molar-refractivity contribution >= 4 is 5.69 Å². The number of rotatable bonds is 2. The SMILES string of the molecule is Cc1nc(Oc2ccc(N)cc2)cc(C(F)(F)F)n1. The largest absolute Gasteiger partial charge is 0.439 e. The molecule has 2 rings (SSSR count). The van der Waals surface area contributed by atoms with E-state index in [-0.39, 0.29) is 11.7 Å². The first-order valence-electron chi connectivity index (χ1n) is 5.31. The molecule has 0 aliphatic carbocycles. The molecule has 0 spiro atoms. The number of halogens is 3. The zero-order valence-electron chi connectivity index (χ0n) is 9.90. The van der Waals surface area contributed by atoms with Crippen LogP contribution in [0.1, 0.15) is 11.5 Å². The third-order valence-electron chi connectivity index (χ3n) is 2.21. The number of ether oxygens (including phenoxy) is 1. The highest BCUT2D eigenvalue weighted by atomic mass is 19.4. The molecular weight excluding hydrogens is 259 g/mol. The van der Waals surface area contributed by atoms with Crippen LogP contribution in [0.2, 0.25) is 0 Å². The van der Waals surface area contributed by atoms with Gasteiger partial charge in [0.15, 0.2) is 5.69 Å². The molecule has 0 aliphatic rings. The molecule has 0 fully saturated rings. The first-order chi connectivity index (χ1) is 8.84. The number of hydrogen-bond acceptors (Lipinski definition) is 4. The van der Waals surface area contributed by atoms with Gasteiger partial charge in [-0.2, -0.15) is 18.2 Å². The van der Waals surface area contributed by atoms with Crippen molar-refractivity contribution in [3.05, 3.63) is 41.9 Å². The van der Waals surface area contributed by atoms with Crippen molar-refractivity contribution in [3.63, 3.8) is 0 Å². The number of anilines is 1. The van der Waals surface area contributed by atoms with Crippen molar-refractivity contribution in [2.24, 2.45) is 0 Å². The van der Waals surface area contributed by atoms with E-state index in [0.717, 1.165) is 6.07 Å². The van der Waals surface area contributed by atoms with Crippen molar-refractivity contribution in [1.82, 2.24) is 9.97 Å². The molecule has 2 N–H and O–H groups in total. The third kappa shape index (κ3) is 3.34. The second kappa shape index (κ2) is 4.75. The number of nitrogens with two attached hydrogens (primary N) is 1. The molecule has 1 aromatic heterocycles. The van der Waals surface area contributed by atoms with Gasteiger partial charge in [-0.3, -0.25) is 0 Å². The van der Waals surface area contributed by atoms with E-state index < -0.39 is 11.9 Å². The lowest BCUT2D eigenvalue weighted by molar-refractivity contribution is -0.141. The van der Waals surface area contributed by atoms with Gasteiger partial charge >= 0.3 is 6.18 Å². The van der Waals surface area contributed by atoms with Gasteiger partial charge in [-0.15, -0.1) is 0 Å². The molecule has 2 aromatic rings. The topological polar surface area (TPSA) is 61.0 Å². The molecule has 0 aliphatic heterocycles. The second-order valence-electron chi connectivity index (χ2n) is 3.81. The van der Waals surface area contributed by atoms with Crippen LogP contribution in [0.25, 0.3) is 0 Å². The molecule has 0 radical (unpaired) electrons. The molecule has 0 atom stereocenters. The van der Waals surface area contributed by atoms with Gasteiger partial charge in [0.1, 0.15) is 11.6 Å². The zero-order chi connectivity index (χ0) is 14.0. The van der Waals surface area contributed by atoms with E-state index >= 15 is 0 Å². The van der Waals surface area contributed by atoms with Crippen LogP contribution < -0.4 is 10.5 Å². The van der Waals surface area contributed by atoms with Crippen LogP contribution in [0.5, 0.6) is 11.6 Å². The number of hydrogen-bond donors (Lipinski definition) is 1. The number of alkyl halides is 3. The molecule has 1 heterocycles. The van der Waals surface area contributed by atoms with Gasteiger partial charge in [0.2, 0.25) is 5.88 Å².